The third-order valence-electron chi connectivity index (χ3n) is 4.81. The largest absolute Gasteiger partial charge is 0.497 e. The maximum atomic E-state index is 11.7. The lowest BCUT2D eigenvalue weighted by atomic mass is 10.1. The lowest BCUT2D eigenvalue weighted by Crippen LogP contribution is -2.20. The topological polar surface area (TPSA) is 104 Å². The second-order valence-electron chi connectivity index (χ2n) is 6.48. The van der Waals surface area contributed by atoms with Crippen molar-refractivity contribution in [1.82, 2.24) is 25.0 Å². The van der Waals surface area contributed by atoms with Crippen molar-refractivity contribution in [3.05, 3.63) is 30.5 Å². The van der Waals surface area contributed by atoms with Gasteiger partial charge in [-0.3, -0.25) is 4.79 Å². The van der Waals surface area contributed by atoms with Crippen molar-refractivity contribution in [2.45, 2.75) is 25.3 Å². The van der Waals surface area contributed by atoms with Crippen molar-refractivity contribution in [3.63, 3.8) is 0 Å². The van der Waals surface area contributed by atoms with E-state index in [4.69, 9.17) is 9.47 Å². The van der Waals surface area contributed by atoms with E-state index in [1.54, 1.807) is 18.0 Å². The molecular weight excluding hydrogens is 348 g/mol. The zero-order valence-corrected chi connectivity index (χ0v) is 15.1. The lowest BCUT2D eigenvalue weighted by Gasteiger charge is -2.12. The molecule has 1 saturated carbocycles. The average molecular weight is 368 g/mol. The number of nitrogens with one attached hydrogen (secondary N) is 1. The number of methoxy groups -OCH3 is 2. The predicted molar refractivity (Wildman–Crippen MR) is 97.8 cm³/mol. The van der Waals surface area contributed by atoms with Crippen molar-refractivity contribution < 1.29 is 14.3 Å². The van der Waals surface area contributed by atoms with Crippen LogP contribution in [-0.4, -0.2) is 51.2 Å². The highest BCUT2D eigenvalue weighted by molar-refractivity contribution is 5.73. The van der Waals surface area contributed by atoms with Crippen LogP contribution in [0.4, 0.5) is 5.95 Å². The van der Waals surface area contributed by atoms with Gasteiger partial charge in [-0.15, -0.1) is 5.10 Å². The van der Waals surface area contributed by atoms with Gasteiger partial charge in [0, 0.05) is 6.04 Å². The molecule has 0 unspecified atom stereocenters. The molecule has 1 aliphatic carbocycles. The Kier molecular flexibility index (Phi) is 4.57. The zero-order chi connectivity index (χ0) is 18.8. The predicted octanol–water partition coefficient (Wildman–Crippen LogP) is 1.97. The SMILES string of the molecule is COC(=O)[C@@H]1CC[C@@H](Nc2ncc3nnn(-c4ccc(OC)cc4)c3n2)C1. The first-order valence-electron chi connectivity index (χ1n) is 8.75. The van der Waals surface area contributed by atoms with E-state index >= 15 is 0 Å². The molecule has 2 atom stereocenters. The van der Waals surface area contributed by atoms with E-state index in [-0.39, 0.29) is 17.9 Å². The van der Waals surface area contributed by atoms with Gasteiger partial charge in [-0.25, -0.2) is 4.98 Å². The fourth-order valence-corrected chi connectivity index (χ4v) is 3.37. The molecule has 1 fully saturated rings. The van der Waals surface area contributed by atoms with E-state index in [0.717, 1.165) is 24.3 Å². The summed E-state index contributed by atoms with van der Waals surface area (Å²) < 4.78 is 11.7. The standard InChI is InChI=1S/C18H20N6O3/c1-26-14-7-5-13(6-8-14)24-16-15(22-23-24)10-19-18(21-16)20-12-4-3-11(9-12)17(25)27-2/h5-8,10-12H,3-4,9H2,1-2H3,(H,19,20,21)/t11-,12-/m1/s1. The van der Waals surface area contributed by atoms with E-state index in [1.807, 2.05) is 24.3 Å². The third kappa shape index (κ3) is 3.40. The molecule has 0 radical (unpaired) electrons. The summed E-state index contributed by atoms with van der Waals surface area (Å²) in [5, 5.41) is 11.6. The van der Waals surface area contributed by atoms with Crippen LogP contribution < -0.4 is 10.1 Å². The van der Waals surface area contributed by atoms with Crippen LogP contribution in [0.15, 0.2) is 30.5 Å². The number of hydrogen-bond acceptors (Lipinski definition) is 8. The van der Waals surface area contributed by atoms with Gasteiger partial charge in [0.2, 0.25) is 5.95 Å². The number of fused-ring (bicyclic) bond motifs is 1. The summed E-state index contributed by atoms with van der Waals surface area (Å²) in [6.07, 6.45) is 4.03. The number of carbonyl (C=O) groups is 1. The van der Waals surface area contributed by atoms with Crippen molar-refractivity contribution in [1.29, 1.82) is 0 Å². The smallest absolute Gasteiger partial charge is 0.308 e. The molecule has 0 amide bonds. The molecule has 2 heterocycles. The molecular formula is C18H20N6O3. The highest BCUT2D eigenvalue weighted by Crippen LogP contribution is 2.28. The number of carbonyl (C=O) groups excluding carboxylic acids is 1. The Balaban J connectivity index is 1.56. The molecule has 0 saturated heterocycles. The number of anilines is 1. The number of aromatic nitrogens is 5. The maximum absolute atomic E-state index is 11.7. The zero-order valence-electron chi connectivity index (χ0n) is 15.1. The number of nitrogens with zero attached hydrogens (tertiary/aromatic N) is 5. The summed E-state index contributed by atoms with van der Waals surface area (Å²) in [5.74, 6) is 1.04. The first kappa shape index (κ1) is 17.2. The van der Waals surface area contributed by atoms with Crippen LogP contribution in [0.5, 0.6) is 5.75 Å². The van der Waals surface area contributed by atoms with Crippen molar-refractivity contribution in [2.24, 2.45) is 5.92 Å². The van der Waals surface area contributed by atoms with Crippen LogP contribution >= 0.6 is 0 Å². The Morgan fingerprint density at radius 1 is 1.22 bits per heavy atom. The fraction of sp³-hybridized carbons (Fsp3) is 0.389. The molecule has 1 aromatic carbocycles. The minimum Gasteiger partial charge on any atom is -0.497 e. The molecule has 140 valence electrons. The fourth-order valence-electron chi connectivity index (χ4n) is 3.37. The molecule has 9 nitrogen and oxygen atoms in total. The Bertz CT molecular complexity index is 955. The number of rotatable bonds is 5. The van der Waals surface area contributed by atoms with Gasteiger partial charge in [-0.2, -0.15) is 9.67 Å². The Labute approximate surface area is 155 Å². The minimum atomic E-state index is -0.155. The van der Waals surface area contributed by atoms with Crippen LogP contribution in [0.1, 0.15) is 19.3 Å². The summed E-state index contributed by atoms with van der Waals surface area (Å²) in [7, 11) is 3.05. The molecule has 1 N–H and O–H groups in total. The highest BCUT2D eigenvalue weighted by Gasteiger charge is 2.31. The van der Waals surface area contributed by atoms with Crippen LogP contribution in [0.2, 0.25) is 0 Å². The Morgan fingerprint density at radius 2 is 2.04 bits per heavy atom. The molecule has 2 aromatic heterocycles. The lowest BCUT2D eigenvalue weighted by molar-refractivity contribution is -0.145. The van der Waals surface area contributed by atoms with E-state index in [1.165, 1.54) is 7.11 Å². The second-order valence-corrected chi connectivity index (χ2v) is 6.48. The van der Waals surface area contributed by atoms with Gasteiger partial charge in [0.15, 0.2) is 11.2 Å². The average Bonchev–Trinajstić information content (AvgIpc) is 3.34. The number of ether oxygens (including phenoxy) is 2. The van der Waals surface area contributed by atoms with Gasteiger partial charge in [-0.05, 0) is 43.5 Å². The summed E-state index contributed by atoms with van der Waals surface area (Å²) in [6, 6.07) is 7.63. The van der Waals surface area contributed by atoms with Crippen molar-refractivity contribution in [2.75, 3.05) is 19.5 Å². The van der Waals surface area contributed by atoms with Crippen LogP contribution in [0, 0.1) is 5.92 Å². The van der Waals surface area contributed by atoms with E-state index in [2.05, 4.69) is 25.6 Å². The van der Waals surface area contributed by atoms with Gasteiger partial charge in [-0.1, -0.05) is 5.21 Å². The summed E-state index contributed by atoms with van der Waals surface area (Å²) >= 11 is 0. The van der Waals surface area contributed by atoms with Crippen molar-refractivity contribution in [3.8, 4) is 11.4 Å². The number of esters is 1. The van der Waals surface area contributed by atoms with Gasteiger partial charge in [0.25, 0.3) is 0 Å². The van der Waals surface area contributed by atoms with E-state index < -0.39 is 0 Å². The molecule has 27 heavy (non-hydrogen) atoms. The Hall–Kier alpha value is -3.23. The minimum absolute atomic E-state index is 0.0669. The van der Waals surface area contributed by atoms with Crippen LogP contribution in [-0.2, 0) is 9.53 Å². The summed E-state index contributed by atoms with van der Waals surface area (Å²) in [5.41, 5.74) is 2.05. The van der Waals surface area contributed by atoms with Gasteiger partial charge >= 0.3 is 5.97 Å². The second kappa shape index (κ2) is 7.18. The third-order valence-corrected chi connectivity index (χ3v) is 4.81. The quantitative estimate of drug-likeness (QED) is 0.682. The van der Waals surface area contributed by atoms with E-state index in [9.17, 15) is 4.79 Å². The molecule has 1 aliphatic rings. The van der Waals surface area contributed by atoms with Gasteiger partial charge < -0.3 is 14.8 Å². The number of benzene rings is 1. The molecule has 0 aliphatic heterocycles. The normalized spacial score (nSPS) is 19.2. The molecule has 0 bridgehead atoms. The maximum Gasteiger partial charge on any atom is 0.308 e. The van der Waals surface area contributed by atoms with Crippen LogP contribution in [0.3, 0.4) is 0 Å². The van der Waals surface area contributed by atoms with Gasteiger partial charge in [0.05, 0.1) is 32.0 Å². The number of hydrogen-bond donors (Lipinski definition) is 1. The van der Waals surface area contributed by atoms with Gasteiger partial charge in [0.1, 0.15) is 5.75 Å². The van der Waals surface area contributed by atoms with E-state index in [0.29, 0.717) is 23.5 Å². The molecule has 4 rings (SSSR count). The molecule has 3 aromatic rings. The summed E-state index contributed by atoms with van der Waals surface area (Å²) in [6.45, 7) is 0. The first-order valence-corrected chi connectivity index (χ1v) is 8.75. The summed E-state index contributed by atoms with van der Waals surface area (Å²) in [4.78, 5) is 20.6. The monoisotopic (exact) mass is 368 g/mol. The molecule has 9 heteroatoms. The first-order chi connectivity index (χ1) is 13.2. The highest BCUT2D eigenvalue weighted by atomic mass is 16.5. The molecule has 0 spiro atoms. The van der Waals surface area contributed by atoms with Crippen LogP contribution in [0.25, 0.3) is 16.9 Å². The Morgan fingerprint density at radius 3 is 2.78 bits per heavy atom. The van der Waals surface area contributed by atoms with Crippen molar-refractivity contribution >= 4 is 23.1 Å².